The van der Waals surface area contributed by atoms with Crippen molar-refractivity contribution in [1.82, 2.24) is 9.97 Å². The zero-order valence-corrected chi connectivity index (χ0v) is 8.20. The van der Waals surface area contributed by atoms with E-state index in [-0.39, 0.29) is 0 Å². The summed E-state index contributed by atoms with van der Waals surface area (Å²) < 4.78 is 0. The Morgan fingerprint density at radius 1 is 1.36 bits per heavy atom. The molecule has 14 heavy (non-hydrogen) atoms. The highest BCUT2D eigenvalue weighted by Crippen LogP contribution is 2.21. The Labute approximate surface area is 83.0 Å². The first-order chi connectivity index (χ1) is 6.83. The van der Waals surface area contributed by atoms with E-state index in [1.807, 2.05) is 12.1 Å². The van der Waals surface area contributed by atoms with E-state index in [1.54, 1.807) is 12.4 Å². The number of anilines is 1. The molecule has 0 amide bonds. The maximum absolute atomic E-state index is 5.87. The van der Waals surface area contributed by atoms with Crippen molar-refractivity contribution in [2.75, 3.05) is 5.73 Å². The number of aryl methyl sites for hydroxylation is 1. The van der Waals surface area contributed by atoms with E-state index in [0.717, 1.165) is 35.1 Å². The molecule has 2 rings (SSSR count). The van der Waals surface area contributed by atoms with Crippen molar-refractivity contribution in [3.63, 3.8) is 0 Å². The zero-order chi connectivity index (χ0) is 9.97. The second-order valence-electron chi connectivity index (χ2n) is 3.31. The summed E-state index contributed by atoms with van der Waals surface area (Å²) in [5.74, 6) is 0. The van der Waals surface area contributed by atoms with Gasteiger partial charge in [0.25, 0.3) is 0 Å². The van der Waals surface area contributed by atoms with Gasteiger partial charge in [-0.15, -0.1) is 0 Å². The van der Waals surface area contributed by atoms with Gasteiger partial charge < -0.3 is 5.73 Å². The Balaban J connectivity index is 2.69. The lowest BCUT2D eigenvalue weighted by molar-refractivity contribution is 0.927. The standard InChI is InChI=1S/C11H13N3/c1-2-4-8-9(12)7-14-10-5-3-6-13-11(8)10/h3,5-7H,2,4,12H2,1H3. The summed E-state index contributed by atoms with van der Waals surface area (Å²) >= 11 is 0. The smallest absolute Gasteiger partial charge is 0.0939 e. The van der Waals surface area contributed by atoms with Crippen LogP contribution in [0, 0.1) is 0 Å². The highest BCUT2D eigenvalue weighted by molar-refractivity contribution is 5.81. The van der Waals surface area contributed by atoms with Crippen molar-refractivity contribution < 1.29 is 0 Å². The van der Waals surface area contributed by atoms with E-state index in [4.69, 9.17) is 5.73 Å². The van der Waals surface area contributed by atoms with Crippen molar-refractivity contribution in [3.05, 3.63) is 30.1 Å². The SMILES string of the molecule is CCCc1c(N)cnc2cccnc12. The molecule has 0 bridgehead atoms. The fourth-order valence-corrected chi connectivity index (χ4v) is 1.60. The van der Waals surface area contributed by atoms with Crippen molar-refractivity contribution in [3.8, 4) is 0 Å². The first-order valence-corrected chi connectivity index (χ1v) is 4.81. The number of nitrogen functional groups attached to an aromatic ring is 1. The Morgan fingerprint density at radius 3 is 3.00 bits per heavy atom. The fourth-order valence-electron chi connectivity index (χ4n) is 1.60. The van der Waals surface area contributed by atoms with E-state index in [2.05, 4.69) is 16.9 Å². The average Bonchev–Trinajstić information content (AvgIpc) is 2.23. The Bertz CT molecular complexity index is 451. The second kappa shape index (κ2) is 3.62. The van der Waals surface area contributed by atoms with Gasteiger partial charge in [-0.2, -0.15) is 0 Å². The molecule has 3 nitrogen and oxygen atoms in total. The molecular formula is C11H13N3. The summed E-state index contributed by atoms with van der Waals surface area (Å²) in [5, 5.41) is 0. The third-order valence-electron chi connectivity index (χ3n) is 2.26. The lowest BCUT2D eigenvalue weighted by Crippen LogP contribution is -1.98. The van der Waals surface area contributed by atoms with Crippen molar-refractivity contribution in [2.45, 2.75) is 19.8 Å². The largest absolute Gasteiger partial charge is 0.397 e. The normalized spacial score (nSPS) is 10.6. The molecule has 0 aliphatic rings. The summed E-state index contributed by atoms with van der Waals surface area (Å²) in [7, 11) is 0. The Hall–Kier alpha value is -1.64. The number of hydrogen-bond acceptors (Lipinski definition) is 3. The minimum atomic E-state index is 0.748. The zero-order valence-electron chi connectivity index (χ0n) is 8.20. The van der Waals surface area contributed by atoms with Gasteiger partial charge >= 0.3 is 0 Å². The molecule has 0 radical (unpaired) electrons. The van der Waals surface area contributed by atoms with Crippen molar-refractivity contribution >= 4 is 16.7 Å². The first-order valence-electron chi connectivity index (χ1n) is 4.81. The van der Waals surface area contributed by atoms with Crippen LogP contribution in [0.4, 0.5) is 5.69 Å². The number of aromatic nitrogens is 2. The van der Waals surface area contributed by atoms with Crippen LogP contribution in [0.1, 0.15) is 18.9 Å². The summed E-state index contributed by atoms with van der Waals surface area (Å²) in [6.45, 7) is 2.13. The molecule has 0 spiro atoms. The molecular weight excluding hydrogens is 174 g/mol. The highest BCUT2D eigenvalue weighted by Gasteiger charge is 2.05. The van der Waals surface area contributed by atoms with Crippen molar-refractivity contribution in [1.29, 1.82) is 0 Å². The van der Waals surface area contributed by atoms with Crippen LogP contribution in [-0.4, -0.2) is 9.97 Å². The van der Waals surface area contributed by atoms with Gasteiger partial charge in [-0.25, -0.2) is 0 Å². The number of pyridine rings is 2. The molecule has 3 heteroatoms. The number of rotatable bonds is 2. The molecule has 72 valence electrons. The minimum absolute atomic E-state index is 0.748. The average molecular weight is 187 g/mol. The fraction of sp³-hybridized carbons (Fsp3) is 0.273. The molecule has 2 N–H and O–H groups in total. The molecule has 0 aliphatic carbocycles. The Kier molecular flexibility index (Phi) is 2.31. The molecule has 2 aromatic rings. The predicted molar refractivity (Wildman–Crippen MR) is 57.9 cm³/mol. The molecule has 0 saturated heterocycles. The molecule has 0 aliphatic heterocycles. The predicted octanol–water partition coefficient (Wildman–Crippen LogP) is 2.16. The highest BCUT2D eigenvalue weighted by atomic mass is 14.8. The van der Waals surface area contributed by atoms with Crippen LogP contribution in [0.25, 0.3) is 11.0 Å². The van der Waals surface area contributed by atoms with E-state index in [1.165, 1.54) is 0 Å². The van der Waals surface area contributed by atoms with Gasteiger partial charge in [0, 0.05) is 11.8 Å². The molecule has 2 aromatic heterocycles. The van der Waals surface area contributed by atoms with E-state index in [9.17, 15) is 0 Å². The summed E-state index contributed by atoms with van der Waals surface area (Å²) in [4.78, 5) is 8.55. The van der Waals surface area contributed by atoms with Gasteiger partial charge in [-0.1, -0.05) is 13.3 Å². The molecule has 0 fully saturated rings. The third kappa shape index (κ3) is 1.41. The van der Waals surface area contributed by atoms with Gasteiger partial charge in [0.15, 0.2) is 0 Å². The second-order valence-corrected chi connectivity index (χ2v) is 3.31. The van der Waals surface area contributed by atoms with Crippen LogP contribution < -0.4 is 5.73 Å². The molecule has 0 atom stereocenters. The van der Waals surface area contributed by atoms with E-state index >= 15 is 0 Å². The summed E-state index contributed by atoms with van der Waals surface area (Å²) in [6, 6.07) is 3.85. The van der Waals surface area contributed by atoms with Gasteiger partial charge in [0.05, 0.1) is 22.9 Å². The van der Waals surface area contributed by atoms with E-state index < -0.39 is 0 Å². The number of fused-ring (bicyclic) bond motifs is 1. The lowest BCUT2D eigenvalue weighted by Gasteiger charge is -2.06. The van der Waals surface area contributed by atoms with Crippen LogP contribution in [0.2, 0.25) is 0 Å². The van der Waals surface area contributed by atoms with Crippen LogP contribution >= 0.6 is 0 Å². The maximum Gasteiger partial charge on any atom is 0.0939 e. The summed E-state index contributed by atoms with van der Waals surface area (Å²) in [5.41, 5.74) is 9.60. The van der Waals surface area contributed by atoms with Gasteiger partial charge in [-0.05, 0) is 18.6 Å². The molecule has 0 aromatic carbocycles. The third-order valence-corrected chi connectivity index (χ3v) is 2.26. The van der Waals surface area contributed by atoms with E-state index in [0.29, 0.717) is 0 Å². The van der Waals surface area contributed by atoms with Crippen molar-refractivity contribution in [2.24, 2.45) is 0 Å². The number of nitrogens with zero attached hydrogens (tertiary/aromatic N) is 2. The van der Waals surface area contributed by atoms with Gasteiger partial charge in [0.1, 0.15) is 0 Å². The quantitative estimate of drug-likeness (QED) is 0.783. The monoisotopic (exact) mass is 187 g/mol. The maximum atomic E-state index is 5.87. The Morgan fingerprint density at radius 2 is 2.21 bits per heavy atom. The topological polar surface area (TPSA) is 51.8 Å². The van der Waals surface area contributed by atoms with Crippen LogP contribution in [-0.2, 0) is 6.42 Å². The van der Waals surface area contributed by atoms with Gasteiger partial charge in [-0.3, -0.25) is 9.97 Å². The van der Waals surface area contributed by atoms with Crippen LogP contribution in [0.5, 0.6) is 0 Å². The van der Waals surface area contributed by atoms with Crippen LogP contribution in [0.3, 0.4) is 0 Å². The molecule has 0 unspecified atom stereocenters. The molecule has 2 heterocycles. The van der Waals surface area contributed by atoms with Gasteiger partial charge in [0.2, 0.25) is 0 Å². The first kappa shape index (κ1) is 8.94. The lowest BCUT2D eigenvalue weighted by atomic mass is 10.1. The summed E-state index contributed by atoms with van der Waals surface area (Å²) in [6.07, 6.45) is 5.53. The minimum Gasteiger partial charge on any atom is -0.397 e. The molecule has 0 saturated carbocycles. The van der Waals surface area contributed by atoms with Crippen LogP contribution in [0.15, 0.2) is 24.5 Å². The number of hydrogen-bond donors (Lipinski definition) is 1. The number of nitrogens with two attached hydrogens (primary N) is 1.